The minimum atomic E-state index is -1.82. The quantitative estimate of drug-likeness (QED) is 0.343. The Morgan fingerprint density at radius 3 is 2.10 bits per heavy atom. The maximum Gasteiger partial charge on any atom is 0.414 e. The van der Waals surface area contributed by atoms with Crippen LogP contribution in [-0.4, -0.2) is 66.4 Å². The lowest BCUT2D eigenvalue weighted by Crippen LogP contribution is -2.38. The van der Waals surface area contributed by atoms with Crippen molar-refractivity contribution in [1.29, 1.82) is 0 Å². The van der Waals surface area contributed by atoms with Crippen molar-refractivity contribution >= 4 is 29.2 Å². The standard InChI is InChI=1S/C20H33N3O2.C2H2O4/c1-16(2)25-15-7-12-21-17(3)20(24)22-18-8-10-19(11-9-18)23-13-5-4-6-14-23;3-1(4)2(5)6/h8-11,16-17,21H,4-7,12-15H2,1-3H3,(H,22,24);(H,3,4)(H,5,6). The number of carbonyl (C=O) groups is 3. The molecule has 1 heterocycles. The van der Waals surface area contributed by atoms with Gasteiger partial charge in [0.1, 0.15) is 0 Å². The van der Waals surface area contributed by atoms with Gasteiger partial charge in [-0.15, -0.1) is 0 Å². The van der Waals surface area contributed by atoms with Crippen molar-refractivity contribution in [1.82, 2.24) is 5.32 Å². The number of nitrogens with zero attached hydrogens (tertiary/aromatic N) is 1. The molecule has 4 N–H and O–H groups in total. The molecule has 0 aromatic heterocycles. The summed E-state index contributed by atoms with van der Waals surface area (Å²) in [5.74, 6) is -3.65. The molecule has 0 saturated carbocycles. The minimum absolute atomic E-state index is 0.00417. The van der Waals surface area contributed by atoms with E-state index in [4.69, 9.17) is 24.5 Å². The van der Waals surface area contributed by atoms with Gasteiger partial charge in [0.25, 0.3) is 0 Å². The van der Waals surface area contributed by atoms with Crippen molar-refractivity contribution in [2.75, 3.05) is 36.5 Å². The van der Waals surface area contributed by atoms with E-state index in [-0.39, 0.29) is 18.1 Å². The van der Waals surface area contributed by atoms with Crippen molar-refractivity contribution in [3.8, 4) is 0 Å². The Balaban J connectivity index is 0.000000703. The lowest BCUT2D eigenvalue weighted by atomic mass is 10.1. The van der Waals surface area contributed by atoms with Crippen molar-refractivity contribution in [3.05, 3.63) is 24.3 Å². The van der Waals surface area contributed by atoms with Gasteiger partial charge in [0.05, 0.1) is 12.1 Å². The molecule has 9 heteroatoms. The van der Waals surface area contributed by atoms with Crippen LogP contribution in [0.1, 0.15) is 46.5 Å². The van der Waals surface area contributed by atoms with Crippen LogP contribution in [0, 0.1) is 0 Å². The lowest BCUT2D eigenvalue weighted by Gasteiger charge is -2.28. The van der Waals surface area contributed by atoms with E-state index in [1.54, 1.807) is 0 Å². The van der Waals surface area contributed by atoms with E-state index in [9.17, 15) is 4.79 Å². The molecule has 31 heavy (non-hydrogen) atoms. The first-order valence-electron chi connectivity index (χ1n) is 10.7. The van der Waals surface area contributed by atoms with E-state index in [0.29, 0.717) is 0 Å². The monoisotopic (exact) mass is 437 g/mol. The van der Waals surface area contributed by atoms with Gasteiger partial charge >= 0.3 is 11.9 Å². The van der Waals surface area contributed by atoms with Crippen LogP contribution in [0.25, 0.3) is 0 Å². The van der Waals surface area contributed by atoms with E-state index >= 15 is 0 Å². The third-order valence-electron chi connectivity index (χ3n) is 4.66. The fourth-order valence-corrected chi connectivity index (χ4v) is 2.96. The van der Waals surface area contributed by atoms with Crippen LogP contribution in [-0.2, 0) is 19.1 Å². The summed E-state index contributed by atoms with van der Waals surface area (Å²) in [7, 11) is 0. The van der Waals surface area contributed by atoms with E-state index in [0.717, 1.165) is 38.3 Å². The molecule has 1 saturated heterocycles. The van der Waals surface area contributed by atoms with Crippen molar-refractivity contribution in [2.24, 2.45) is 0 Å². The average Bonchev–Trinajstić information content (AvgIpc) is 2.74. The Labute approximate surface area is 183 Å². The Hall–Kier alpha value is -2.65. The molecule has 9 nitrogen and oxygen atoms in total. The van der Waals surface area contributed by atoms with Gasteiger partial charge in [-0.2, -0.15) is 0 Å². The Kier molecular flexibility index (Phi) is 12.2. The summed E-state index contributed by atoms with van der Waals surface area (Å²) >= 11 is 0. The van der Waals surface area contributed by atoms with Gasteiger partial charge in [0, 0.05) is 31.1 Å². The zero-order valence-corrected chi connectivity index (χ0v) is 18.6. The molecular weight excluding hydrogens is 402 g/mol. The fourth-order valence-electron chi connectivity index (χ4n) is 2.96. The number of nitrogens with one attached hydrogen (secondary N) is 2. The van der Waals surface area contributed by atoms with Crippen molar-refractivity contribution in [3.63, 3.8) is 0 Å². The molecule has 0 bridgehead atoms. The highest BCUT2D eigenvalue weighted by molar-refractivity contribution is 6.27. The summed E-state index contributed by atoms with van der Waals surface area (Å²) in [6.07, 6.45) is 5.03. The zero-order chi connectivity index (χ0) is 23.2. The van der Waals surface area contributed by atoms with Crippen molar-refractivity contribution in [2.45, 2.75) is 58.6 Å². The summed E-state index contributed by atoms with van der Waals surface area (Å²) in [5, 5.41) is 21.0. The number of benzene rings is 1. The zero-order valence-electron chi connectivity index (χ0n) is 18.6. The fraction of sp³-hybridized carbons (Fsp3) is 0.591. The topological polar surface area (TPSA) is 128 Å². The number of piperidine rings is 1. The third kappa shape index (κ3) is 11.4. The molecule has 1 atom stereocenters. The number of rotatable bonds is 9. The van der Waals surface area contributed by atoms with Crippen LogP contribution >= 0.6 is 0 Å². The van der Waals surface area contributed by atoms with Gasteiger partial charge in [-0.1, -0.05) is 0 Å². The van der Waals surface area contributed by atoms with Crippen LogP contribution < -0.4 is 15.5 Å². The molecule has 1 aliphatic rings. The first-order chi connectivity index (χ1) is 14.7. The van der Waals surface area contributed by atoms with Gasteiger partial charge in [-0.25, -0.2) is 9.59 Å². The third-order valence-corrected chi connectivity index (χ3v) is 4.66. The van der Waals surface area contributed by atoms with Crippen LogP contribution in [0.2, 0.25) is 0 Å². The Bertz CT molecular complexity index is 675. The predicted molar refractivity (Wildman–Crippen MR) is 120 cm³/mol. The average molecular weight is 438 g/mol. The van der Waals surface area contributed by atoms with Gasteiger partial charge < -0.3 is 30.5 Å². The summed E-state index contributed by atoms with van der Waals surface area (Å²) in [6, 6.07) is 7.96. The van der Waals surface area contributed by atoms with E-state index < -0.39 is 11.9 Å². The van der Waals surface area contributed by atoms with E-state index in [2.05, 4.69) is 27.7 Å². The molecule has 0 radical (unpaired) electrons. The second kappa shape index (κ2) is 14.4. The molecule has 1 aliphatic heterocycles. The molecular formula is C22H35N3O6. The van der Waals surface area contributed by atoms with Crippen LogP contribution in [0.4, 0.5) is 11.4 Å². The normalized spacial score (nSPS) is 14.4. The number of carboxylic acid groups (broad SMARTS) is 2. The molecule has 1 aromatic carbocycles. The molecule has 0 aliphatic carbocycles. The van der Waals surface area contributed by atoms with Gasteiger partial charge in [-0.3, -0.25) is 4.79 Å². The number of ether oxygens (including phenoxy) is 1. The maximum atomic E-state index is 12.3. The predicted octanol–water partition coefficient (Wildman–Crippen LogP) is 2.56. The van der Waals surface area contributed by atoms with Gasteiger partial charge in [0.2, 0.25) is 5.91 Å². The van der Waals surface area contributed by atoms with Crippen LogP contribution in [0.5, 0.6) is 0 Å². The first kappa shape index (κ1) is 26.4. The van der Waals surface area contributed by atoms with Crippen LogP contribution in [0.3, 0.4) is 0 Å². The SMILES string of the molecule is CC(C)OCCCNC(C)C(=O)Nc1ccc(N2CCCCC2)cc1.O=C(O)C(=O)O. The highest BCUT2D eigenvalue weighted by Crippen LogP contribution is 2.21. The van der Waals surface area contributed by atoms with Gasteiger partial charge in [0.15, 0.2) is 0 Å². The number of hydrogen-bond acceptors (Lipinski definition) is 6. The molecule has 2 rings (SSSR count). The van der Waals surface area contributed by atoms with E-state index in [1.165, 1.54) is 24.9 Å². The molecule has 1 fully saturated rings. The summed E-state index contributed by atoms with van der Waals surface area (Å²) in [6.45, 7) is 9.70. The number of carbonyl (C=O) groups excluding carboxylic acids is 1. The molecule has 1 aromatic rings. The minimum Gasteiger partial charge on any atom is -0.473 e. The van der Waals surface area contributed by atoms with Gasteiger partial charge in [-0.05, 0) is 77.3 Å². The second-order valence-corrected chi connectivity index (χ2v) is 7.64. The Morgan fingerprint density at radius 2 is 1.58 bits per heavy atom. The molecule has 1 amide bonds. The highest BCUT2D eigenvalue weighted by Gasteiger charge is 2.13. The summed E-state index contributed by atoms with van der Waals surface area (Å²) in [4.78, 5) is 32.9. The smallest absolute Gasteiger partial charge is 0.414 e. The number of aliphatic carboxylic acids is 2. The number of hydrogen-bond donors (Lipinski definition) is 4. The van der Waals surface area contributed by atoms with Crippen molar-refractivity contribution < 1.29 is 29.3 Å². The van der Waals surface area contributed by atoms with Crippen LogP contribution in [0.15, 0.2) is 24.3 Å². The van der Waals surface area contributed by atoms with E-state index in [1.807, 2.05) is 32.9 Å². The molecule has 174 valence electrons. The largest absolute Gasteiger partial charge is 0.473 e. The first-order valence-corrected chi connectivity index (χ1v) is 10.7. The summed E-state index contributed by atoms with van der Waals surface area (Å²) in [5.41, 5.74) is 2.09. The number of amides is 1. The summed E-state index contributed by atoms with van der Waals surface area (Å²) < 4.78 is 5.50. The highest BCUT2D eigenvalue weighted by atomic mass is 16.5. The maximum absolute atomic E-state index is 12.3. The molecule has 1 unspecified atom stereocenters. The Morgan fingerprint density at radius 1 is 1.00 bits per heavy atom. The molecule has 0 spiro atoms. The number of anilines is 2. The number of carboxylic acids is 2. The lowest BCUT2D eigenvalue weighted by molar-refractivity contribution is -0.159. The second-order valence-electron chi connectivity index (χ2n) is 7.64.